The normalized spacial score (nSPS) is 15.0. The number of benzene rings is 1. The van der Waals surface area contributed by atoms with Crippen LogP contribution in [0.15, 0.2) is 34.1 Å². The number of aliphatic hydroxyl groups is 1. The molecule has 2 N–H and O–H groups in total. The minimum absolute atomic E-state index is 0.0709. The van der Waals surface area contributed by atoms with E-state index in [1.807, 2.05) is 6.92 Å². The van der Waals surface area contributed by atoms with Gasteiger partial charge in [0.1, 0.15) is 0 Å². The molecule has 1 unspecified atom stereocenters. The molecule has 0 heterocycles. The van der Waals surface area contributed by atoms with Gasteiger partial charge in [0.15, 0.2) is 9.84 Å². The van der Waals surface area contributed by atoms with Crippen LogP contribution in [0.1, 0.15) is 20.3 Å². The van der Waals surface area contributed by atoms with Gasteiger partial charge in [-0.3, -0.25) is 0 Å². The van der Waals surface area contributed by atoms with E-state index in [-0.39, 0.29) is 12.1 Å². The van der Waals surface area contributed by atoms with Crippen molar-refractivity contribution >= 4 is 21.6 Å². The molecule has 6 heteroatoms. The lowest BCUT2D eigenvalue weighted by Gasteiger charge is -2.28. The first-order chi connectivity index (χ1) is 9.30. The first-order valence-corrected chi connectivity index (χ1v) is 9.47. The smallest absolute Gasteiger partial charge is 0.175 e. The maximum absolute atomic E-state index is 11.4. The van der Waals surface area contributed by atoms with Crippen molar-refractivity contribution in [2.24, 2.45) is 0 Å². The molecule has 0 radical (unpaired) electrons. The van der Waals surface area contributed by atoms with Gasteiger partial charge in [-0.2, -0.15) is 0 Å². The molecule has 0 aliphatic carbocycles. The Morgan fingerprint density at radius 2 is 1.90 bits per heavy atom. The average Bonchev–Trinajstić information content (AvgIpc) is 2.42. The summed E-state index contributed by atoms with van der Waals surface area (Å²) in [4.78, 5) is 1.33. The largest absolute Gasteiger partial charge is 0.394 e. The van der Waals surface area contributed by atoms with Crippen LogP contribution in [-0.2, 0) is 9.84 Å². The van der Waals surface area contributed by atoms with E-state index in [2.05, 4.69) is 12.2 Å². The first-order valence-electron chi connectivity index (χ1n) is 6.59. The van der Waals surface area contributed by atoms with E-state index in [9.17, 15) is 13.5 Å². The minimum atomic E-state index is -3.14. The number of rotatable bonds is 8. The zero-order chi connectivity index (χ0) is 15.2. The van der Waals surface area contributed by atoms with E-state index < -0.39 is 9.84 Å². The average molecular weight is 317 g/mol. The molecule has 0 saturated carbocycles. The van der Waals surface area contributed by atoms with Gasteiger partial charge < -0.3 is 10.4 Å². The maximum atomic E-state index is 11.4. The molecule has 1 atom stereocenters. The van der Waals surface area contributed by atoms with Crippen LogP contribution in [0.5, 0.6) is 0 Å². The van der Waals surface area contributed by atoms with Crippen molar-refractivity contribution in [3.8, 4) is 0 Å². The van der Waals surface area contributed by atoms with Gasteiger partial charge in [0.05, 0.1) is 11.5 Å². The Morgan fingerprint density at radius 3 is 2.35 bits per heavy atom. The van der Waals surface area contributed by atoms with Crippen LogP contribution in [-0.4, -0.2) is 44.2 Å². The first kappa shape index (κ1) is 17.5. The highest BCUT2D eigenvalue weighted by atomic mass is 32.2. The molecule has 0 spiro atoms. The van der Waals surface area contributed by atoms with Gasteiger partial charge in [-0.25, -0.2) is 8.42 Å². The lowest BCUT2D eigenvalue weighted by Crippen LogP contribution is -2.48. The molecule has 0 saturated heterocycles. The van der Waals surface area contributed by atoms with Crippen molar-refractivity contribution in [2.75, 3.05) is 25.2 Å². The van der Waals surface area contributed by atoms with Gasteiger partial charge in [-0.1, -0.05) is 6.92 Å². The Kier molecular flexibility index (Phi) is 6.51. The van der Waals surface area contributed by atoms with Crippen LogP contribution >= 0.6 is 11.8 Å². The number of hydrogen-bond donors (Lipinski definition) is 2. The van der Waals surface area contributed by atoms with Crippen molar-refractivity contribution in [2.45, 2.75) is 35.6 Å². The summed E-state index contributed by atoms with van der Waals surface area (Å²) in [5.74, 6) is 0.724. The fourth-order valence-corrected chi connectivity index (χ4v) is 3.24. The number of aliphatic hydroxyl groups excluding tert-OH is 1. The fourth-order valence-electron chi connectivity index (χ4n) is 1.61. The zero-order valence-electron chi connectivity index (χ0n) is 12.2. The molecule has 1 aromatic carbocycles. The molecule has 1 aromatic rings. The molecule has 0 amide bonds. The Bertz CT molecular complexity index is 514. The summed E-state index contributed by atoms with van der Waals surface area (Å²) >= 11 is 1.60. The van der Waals surface area contributed by atoms with Gasteiger partial charge in [0.2, 0.25) is 0 Å². The third-order valence-electron chi connectivity index (χ3n) is 2.96. The van der Waals surface area contributed by atoms with Crippen LogP contribution in [0.3, 0.4) is 0 Å². The predicted octanol–water partition coefficient (Wildman–Crippen LogP) is 1.93. The van der Waals surface area contributed by atoms with Gasteiger partial charge in [-0.15, -0.1) is 11.8 Å². The highest BCUT2D eigenvalue weighted by Crippen LogP contribution is 2.24. The second-order valence-electron chi connectivity index (χ2n) is 5.18. The molecule has 1 rings (SSSR count). The van der Waals surface area contributed by atoms with Crippen molar-refractivity contribution in [1.82, 2.24) is 5.32 Å². The summed E-state index contributed by atoms with van der Waals surface area (Å²) in [5, 5.41) is 12.8. The zero-order valence-corrected chi connectivity index (χ0v) is 13.9. The third-order valence-corrected chi connectivity index (χ3v) is 5.48. The Balaban J connectivity index is 2.65. The summed E-state index contributed by atoms with van der Waals surface area (Å²) in [6.07, 6.45) is 2.22. The Hall–Kier alpha value is -0.560. The molecule has 0 bridgehead atoms. The Labute approximate surface area is 125 Å². The van der Waals surface area contributed by atoms with E-state index in [0.29, 0.717) is 4.90 Å². The molecule has 0 fully saturated rings. The van der Waals surface area contributed by atoms with Crippen molar-refractivity contribution in [1.29, 1.82) is 0 Å². The number of sulfone groups is 1. The van der Waals surface area contributed by atoms with Crippen molar-refractivity contribution < 1.29 is 13.5 Å². The van der Waals surface area contributed by atoms with Crippen LogP contribution in [0.4, 0.5) is 0 Å². The maximum Gasteiger partial charge on any atom is 0.175 e. The van der Waals surface area contributed by atoms with Crippen LogP contribution in [0.25, 0.3) is 0 Å². The van der Waals surface area contributed by atoms with Crippen LogP contribution in [0.2, 0.25) is 0 Å². The number of nitrogens with one attached hydrogen (secondary N) is 1. The summed E-state index contributed by atoms with van der Waals surface area (Å²) < 4.78 is 22.8. The third kappa shape index (κ3) is 5.44. The molecule has 0 aromatic heterocycles. The highest BCUT2D eigenvalue weighted by molar-refractivity contribution is 7.99. The van der Waals surface area contributed by atoms with E-state index >= 15 is 0 Å². The minimum Gasteiger partial charge on any atom is -0.394 e. The van der Waals surface area contributed by atoms with E-state index in [4.69, 9.17) is 0 Å². The molecule has 20 heavy (non-hydrogen) atoms. The SMILES string of the molecule is CCCNC(C)(CO)CSc1ccc(S(C)(=O)=O)cc1. The van der Waals surface area contributed by atoms with E-state index in [0.717, 1.165) is 23.6 Å². The topological polar surface area (TPSA) is 66.4 Å². The van der Waals surface area contributed by atoms with Gasteiger partial charge in [0.25, 0.3) is 0 Å². The summed E-state index contributed by atoms with van der Waals surface area (Å²) in [7, 11) is -3.14. The number of hydrogen-bond acceptors (Lipinski definition) is 5. The summed E-state index contributed by atoms with van der Waals surface area (Å²) in [6.45, 7) is 5.01. The number of thioether (sulfide) groups is 1. The van der Waals surface area contributed by atoms with E-state index in [1.165, 1.54) is 6.26 Å². The molecule has 114 valence electrons. The molecular weight excluding hydrogens is 294 g/mol. The van der Waals surface area contributed by atoms with Crippen molar-refractivity contribution in [3.63, 3.8) is 0 Å². The van der Waals surface area contributed by atoms with E-state index in [1.54, 1.807) is 36.0 Å². The van der Waals surface area contributed by atoms with Crippen LogP contribution < -0.4 is 5.32 Å². The van der Waals surface area contributed by atoms with Gasteiger partial charge in [0, 0.05) is 22.4 Å². The second-order valence-corrected chi connectivity index (χ2v) is 8.24. The lowest BCUT2D eigenvalue weighted by atomic mass is 10.1. The molecular formula is C14H23NO3S2. The molecule has 0 aliphatic rings. The Morgan fingerprint density at radius 1 is 1.30 bits per heavy atom. The highest BCUT2D eigenvalue weighted by Gasteiger charge is 2.22. The van der Waals surface area contributed by atoms with Gasteiger partial charge in [-0.05, 0) is 44.2 Å². The monoisotopic (exact) mass is 317 g/mol. The molecule has 4 nitrogen and oxygen atoms in total. The summed E-state index contributed by atoms with van der Waals surface area (Å²) in [5.41, 5.74) is -0.323. The predicted molar refractivity (Wildman–Crippen MR) is 84.1 cm³/mol. The van der Waals surface area contributed by atoms with Gasteiger partial charge >= 0.3 is 0 Å². The molecule has 0 aliphatic heterocycles. The quantitative estimate of drug-likeness (QED) is 0.717. The van der Waals surface area contributed by atoms with Crippen molar-refractivity contribution in [3.05, 3.63) is 24.3 Å². The second kappa shape index (κ2) is 7.45. The van der Waals surface area contributed by atoms with Crippen LogP contribution in [0, 0.1) is 0 Å². The summed E-state index contributed by atoms with van der Waals surface area (Å²) in [6, 6.07) is 6.85. The fraction of sp³-hybridized carbons (Fsp3) is 0.571. The lowest BCUT2D eigenvalue weighted by molar-refractivity contribution is 0.192. The standard InChI is InChI=1S/C14H23NO3S2/c1-4-9-15-14(2,10-16)11-19-12-5-7-13(8-6-12)20(3,17)18/h5-8,15-16H,4,9-11H2,1-3H3.